The van der Waals surface area contributed by atoms with Crippen molar-refractivity contribution in [3.8, 4) is 5.19 Å². The fourth-order valence-electron chi connectivity index (χ4n) is 0.655. The summed E-state index contributed by atoms with van der Waals surface area (Å²) in [5.74, 6) is 0.705. The molecule has 0 saturated carbocycles. The van der Waals surface area contributed by atoms with Crippen LogP contribution in [0.5, 0.6) is 5.19 Å². The largest absolute Gasteiger partial charge is 0.427 e. The number of thioether (sulfide) groups is 1. The van der Waals surface area contributed by atoms with Crippen molar-refractivity contribution >= 4 is 39.7 Å². The minimum atomic E-state index is -4.38. The number of aromatic nitrogens is 1. The van der Waals surface area contributed by atoms with Gasteiger partial charge in [-0.05, 0) is 18.0 Å². The van der Waals surface area contributed by atoms with Gasteiger partial charge in [-0.3, -0.25) is 0 Å². The van der Waals surface area contributed by atoms with E-state index in [1.54, 1.807) is 0 Å². The minimum absolute atomic E-state index is 0.0757. The van der Waals surface area contributed by atoms with Crippen LogP contribution in [0.4, 0.5) is 13.2 Å². The van der Waals surface area contributed by atoms with Gasteiger partial charge in [0.1, 0.15) is 4.88 Å². The first-order valence-electron chi connectivity index (χ1n) is 3.81. The van der Waals surface area contributed by atoms with Crippen LogP contribution in [-0.2, 0) is 6.18 Å². The smallest absolute Gasteiger partial charge is 0.413 e. The van der Waals surface area contributed by atoms with Crippen LogP contribution in [-0.4, -0.2) is 15.1 Å². The maximum atomic E-state index is 12.2. The van der Waals surface area contributed by atoms with Gasteiger partial charge in [0, 0.05) is 0 Å². The predicted molar refractivity (Wildman–Crippen MR) is 58.5 cm³/mol. The highest BCUT2D eigenvalue weighted by Crippen LogP contribution is 2.36. The fourth-order valence-corrected chi connectivity index (χ4v) is 2.21. The predicted octanol–water partition coefficient (Wildman–Crippen LogP) is 3.58. The normalized spacial score (nSPS) is 11.5. The van der Waals surface area contributed by atoms with Crippen LogP contribution in [0.2, 0.25) is 0 Å². The van der Waals surface area contributed by atoms with Crippen molar-refractivity contribution in [1.29, 1.82) is 0 Å². The number of rotatable bonds is 2. The van der Waals surface area contributed by atoms with E-state index in [1.807, 2.05) is 6.92 Å². The van der Waals surface area contributed by atoms with E-state index in [4.69, 9.17) is 17.0 Å². The zero-order valence-corrected chi connectivity index (χ0v) is 9.95. The maximum Gasteiger partial charge on any atom is 0.427 e. The molecule has 1 rings (SSSR count). The van der Waals surface area contributed by atoms with Crippen LogP contribution in [0.3, 0.4) is 0 Å². The molecule has 0 spiro atoms. The molecule has 0 aliphatic heterocycles. The molecule has 2 nitrogen and oxygen atoms in total. The first-order valence-corrected chi connectivity index (χ1v) is 6.02. The molecule has 1 aromatic heterocycles. The summed E-state index contributed by atoms with van der Waals surface area (Å²) in [7, 11) is 0. The van der Waals surface area contributed by atoms with Crippen LogP contribution >= 0.6 is 35.3 Å². The SMILES string of the molecule is CCSC(=S)Oc1ncc(C(F)(F)F)s1. The molecule has 0 N–H and O–H groups in total. The van der Waals surface area contributed by atoms with Crippen LogP contribution < -0.4 is 4.74 Å². The molecule has 0 bridgehead atoms. The Morgan fingerprint density at radius 2 is 2.33 bits per heavy atom. The van der Waals surface area contributed by atoms with Gasteiger partial charge in [-0.2, -0.15) is 13.2 Å². The van der Waals surface area contributed by atoms with Crippen LogP contribution in [0.15, 0.2) is 6.20 Å². The Balaban J connectivity index is 2.65. The number of alkyl halides is 3. The lowest BCUT2D eigenvalue weighted by molar-refractivity contribution is -0.134. The van der Waals surface area contributed by atoms with Crippen molar-refractivity contribution in [2.75, 3.05) is 5.75 Å². The van der Waals surface area contributed by atoms with Crippen LogP contribution in [0.1, 0.15) is 11.8 Å². The summed E-state index contributed by atoms with van der Waals surface area (Å²) < 4.78 is 41.6. The number of ether oxygens (including phenoxy) is 1. The standard InChI is InChI=1S/C7H6F3NOS3/c1-2-14-6(13)12-5-11-3-4(15-5)7(8,9)10/h3H,2H2,1H3. The van der Waals surface area contributed by atoms with Crippen molar-refractivity contribution in [3.05, 3.63) is 11.1 Å². The van der Waals surface area contributed by atoms with Gasteiger partial charge in [-0.25, -0.2) is 4.98 Å². The van der Waals surface area contributed by atoms with Gasteiger partial charge >= 0.3 is 6.18 Å². The minimum Gasteiger partial charge on any atom is -0.413 e. The molecule has 15 heavy (non-hydrogen) atoms. The Bertz CT molecular complexity index is 349. The molecule has 8 heteroatoms. The van der Waals surface area contributed by atoms with E-state index in [9.17, 15) is 13.2 Å². The summed E-state index contributed by atoms with van der Waals surface area (Å²) in [6.45, 7) is 1.86. The zero-order valence-electron chi connectivity index (χ0n) is 7.50. The van der Waals surface area contributed by atoms with Crippen LogP contribution in [0.25, 0.3) is 0 Å². The summed E-state index contributed by atoms with van der Waals surface area (Å²) in [5, 5.41) is -0.0757. The molecule has 0 aliphatic carbocycles. The van der Waals surface area contributed by atoms with Crippen molar-refractivity contribution in [3.63, 3.8) is 0 Å². The lowest BCUT2D eigenvalue weighted by Crippen LogP contribution is -2.01. The van der Waals surface area contributed by atoms with E-state index in [0.29, 0.717) is 17.1 Å². The maximum absolute atomic E-state index is 12.2. The molecule has 1 heterocycles. The van der Waals surface area contributed by atoms with E-state index in [0.717, 1.165) is 6.20 Å². The lowest BCUT2D eigenvalue weighted by Gasteiger charge is -2.01. The van der Waals surface area contributed by atoms with E-state index in [2.05, 4.69) is 4.98 Å². The summed E-state index contributed by atoms with van der Waals surface area (Å²) in [4.78, 5) is 2.69. The van der Waals surface area contributed by atoms with Gasteiger partial charge in [0.15, 0.2) is 0 Å². The van der Waals surface area contributed by atoms with Crippen molar-refractivity contribution < 1.29 is 17.9 Å². The quantitative estimate of drug-likeness (QED) is 0.768. The Hall–Kier alpha value is -0.340. The lowest BCUT2D eigenvalue weighted by atomic mass is 10.5. The van der Waals surface area contributed by atoms with Gasteiger partial charge in [0.2, 0.25) is 4.38 Å². The third kappa shape index (κ3) is 3.96. The van der Waals surface area contributed by atoms with E-state index >= 15 is 0 Å². The third-order valence-corrected chi connectivity index (χ3v) is 3.16. The Morgan fingerprint density at radius 3 is 2.80 bits per heavy atom. The first kappa shape index (κ1) is 12.7. The van der Waals surface area contributed by atoms with Gasteiger partial charge in [0.25, 0.3) is 5.19 Å². The average molecular weight is 273 g/mol. The monoisotopic (exact) mass is 273 g/mol. The van der Waals surface area contributed by atoms with Crippen molar-refractivity contribution in [1.82, 2.24) is 4.98 Å². The second-order valence-electron chi connectivity index (χ2n) is 2.27. The summed E-state index contributed by atoms with van der Waals surface area (Å²) in [5.41, 5.74) is 0. The molecule has 84 valence electrons. The van der Waals surface area contributed by atoms with E-state index in [-0.39, 0.29) is 9.58 Å². The Morgan fingerprint density at radius 1 is 1.67 bits per heavy atom. The summed E-state index contributed by atoms with van der Waals surface area (Å²) in [6.07, 6.45) is -3.64. The Labute approximate surface area is 97.8 Å². The Kier molecular flexibility index (Phi) is 4.35. The molecular formula is C7H6F3NOS3. The molecule has 1 aromatic rings. The van der Waals surface area contributed by atoms with Gasteiger partial charge in [-0.15, -0.1) is 0 Å². The van der Waals surface area contributed by atoms with Crippen LogP contribution in [0, 0.1) is 0 Å². The van der Waals surface area contributed by atoms with Gasteiger partial charge in [-0.1, -0.05) is 30.0 Å². The molecule has 0 saturated heterocycles. The molecule has 0 amide bonds. The highest BCUT2D eigenvalue weighted by Gasteiger charge is 2.33. The fraction of sp³-hybridized carbons (Fsp3) is 0.429. The van der Waals surface area contributed by atoms with Gasteiger partial charge < -0.3 is 4.74 Å². The van der Waals surface area contributed by atoms with Gasteiger partial charge in [0.05, 0.1) is 6.20 Å². The number of thiazole rings is 1. The number of halogens is 3. The average Bonchev–Trinajstić information content (AvgIpc) is 2.52. The molecule has 0 aliphatic rings. The van der Waals surface area contributed by atoms with E-state index in [1.165, 1.54) is 11.8 Å². The summed E-state index contributed by atoms with van der Waals surface area (Å²) in [6, 6.07) is 0. The number of thiocarbonyl (C=S) groups is 1. The zero-order chi connectivity index (χ0) is 11.5. The number of hydrogen-bond donors (Lipinski definition) is 0. The third-order valence-electron chi connectivity index (χ3n) is 1.20. The molecule has 0 atom stereocenters. The molecule has 0 aromatic carbocycles. The number of nitrogens with zero attached hydrogens (tertiary/aromatic N) is 1. The second kappa shape index (κ2) is 5.13. The molecule has 0 fully saturated rings. The molecule has 0 unspecified atom stereocenters. The van der Waals surface area contributed by atoms with E-state index < -0.39 is 11.1 Å². The highest BCUT2D eigenvalue weighted by atomic mass is 32.2. The summed E-state index contributed by atoms with van der Waals surface area (Å²) >= 11 is 6.44. The first-order chi connectivity index (χ1) is 6.93. The number of hydrogen-bond acceptors (Lipinski definition) is 5. The highest BCUT2D eigenvalue weighted by molar-refractivity contribution is 8.22. The second-order valence-corrected chi connectivity index (χ2v) is 5.13. The molecular weight excluding hydrogens is 267 g/mol. The van der Waals surface area contributed by atoms with Crippen molar-refractivity contribution in [2.24, 2.45) is 0 Å². The molecule has 0 radical (unpaired) electrons. The van der Waals surface area contributed by atoms with Crippen molar-refractivity contribution in [2.45, 2.75) is 13.1 Å². The topological polar surface area (TPSA) is 22.1 Å².